The summed E-state index contributed by atoms with van der Waals surface area (Å²) in [6.45, 7) is 0. The van der Waals surface area contributed by atoms with Gasteiger partial charge in [0.05, 0.1) is 19.1 Å². The summed E-state index contributed by atoms with van der Waals surface area (Å²) in [7, 11) is 1.09. The second-order valence-corrected chi connectivity index (χ2v) is 5.71. The maximum absolute atomic E-state index is 13.7. The molecule has 0 amide bonds. The Bertz CT molecular complexity index is 1070. The van der Waals surface area contributed by atoms with E-state index in [4.69, 9.17) is 0 Å². The van der Waals surface area contributed by atoms with Crippen molar-refractivity contribution in [2.45, 2.75) is 12.3 Å². The molecule has 6 nitrogen and oxygen atoms in total. The molecule has 27 heavy (non-hydrogen) atoms. The van der Waals surface area contributed by atoms with Crippen molar-refractivity contribution in [3.8, 4) is 5.88 Å². The zero-order valence-corrected chi connectivity index (χ0v) is 13.9. The molecule has 3 aromatic rings. The van der Waals surface area contributed by atoms with Gasteiger partial charge in [-0.2, -0.15) is 4.98 Å². The number of halogens is 3. The quantitative estimate of drug-likeness (QED) is 0.557. The van der Waals surface area contributed by atoms with E-state index in [1.165, 1.54) is 12.3 Å². The summed E-state index contributed by atoms with van der Waals surface area (Å²) < 4.78 is 46.4. The number of carbonyl (C=O) groups excluding carboxylic acids is 1. The predicted molar refractivity (Wildman–Crippen MR) is 87.9 cm³/mol. The fraction of sp³-hybridized carbons (Fsp3) is 0.167. The molecule has 0 bridgehead atoms. The number of rotatable bonds is 4. The van der Waals surface area contributed by atoms with Crippen LogP contribution in [0.3, 0.4) is 0 Å². The number of benzene rings is 1. The van der Waals surface area contributed by atoms with Gasteiger partial charge in [0, 0.05) is 12.1 Å². The highest BCUT2D eigenvalue weighted by atomic mass is 19.2. The Balaban J connectivity index is 2.28. The lowest BCUT2D eigenvalue weighted by Crippen LogP contribution is -2.24. The van der Waals surface area contributed by atoms with Gasteiger partial charge in [0.2, 0.25) is 5.88 Å². The topological polar surface area (TPSA) is 80.9 Å². The third-order valence-electron chi connectivity index (χ3n) is 4.10. The molecule has 140 valence electrons. The number of aromatic hydroxyl groups is 1. The molecule has 2 aromatic heterocycles. The molecule has 0 fully saturated rings. The molecule has 0 aliphatic heterocycles. The third kappa shape index (κ3) is 3.35. The number of fused-ring (bicyclic) bond motifs is 1. The first-order chi connectivity index (χ1) is 12.8. The zero-order valence-electron chi connectivity index (χ0n) is 13.9. The first-order valence-corrected chi connectivity index (χ1v) is 7.75. The van der Waals surface area contributed by atoms with E-state index in [0.717, 1.165) is 11.5 Å². The maximum Gasteiger partial charge on any atom is 0.306 e. The molecule has 2 heterocycles. The molecular weight excluding hydrogens is 365 g/mol. The minimum absolute atomic E-state index is 0.136. The van der Waals surface area contributed by atoms with Gasteiger partial charge in [-0.1, -0.05) is 6.07 Å². The monoisotopic (exact) mass is 378 g/mol. The molecule has 0 unspecified atom stereocenters. The molecule has 3 rings (SSSR count). The van der Waals surface area contributed by atoms with Crippen LogP contribution in [0.5, 0.6) is 5.88 Å². The average molecular weight is 378 g/mol. The van der Waals surface area contributed by atoms with Crippen LogP contribution in [0.1, 0.15) is 23.5 Å². The van der Waals surface area contributed by atoms with Crippen molar-refractivity contribution < 1.29 is 27.8 Å². The summed E-state index contributed by atoms with van der Waals surface area (Å²) in [6.07, 6.45) is 0.860. The van der Waals surface area contributed by atoms with Gasteiger partial charge >= 0.3 is 5.97 Å². The van der Waals surface area contributed by atoms with Gasteiger partial charge in [0.1, 0.15) is 5.65 Å². The van der Waals surface area contributed by atoms with Crippen LogP contribution in [-0.2, 0) is 9.53 Å². The van der Waals surface area contributed by atoms with Gasteiger partial charge < -0.3 is 9.84 Å². The highest BCUT2D eigenvalue weighted by Crippen LogP contribution is 2.32. The average Bonchev–Trinajstić information content (AvgIpc) is 2.64. The van der Waals surface area contributed by atoms with Crippen molar-refractivity contribution >= 4 is 11.6 Å². The Labute approximate surface area is 150 Å². The second kappa shape index (κ2) is 7.10. The van der Waals surface area contributed by atoms with Gasteiger partial charge in [-0.05, 0) is 29.8 Å². The van der Waals surface area contributed by atoms with E-state index in [9.17, 15) is 27.9 Å². The smallest absolute Gasteiger partial charge is 0.306 e. The summed E-state index contributed by atoms with van der Waals surface area (Å²) >= 11 is 0. The van der Waals surface area contributed by atoms with Gasteiger partial charge in [-0.25, -0.2) is 13.2 Å². The minimum atomic E-state index is -1.69. The molecule has 0 radical (unpaired) electrons. The number of pyridine rings is 1. The van der Waals surface area contributed by atoms with Crippen molar-refractivity contribution in [3.05, 3.63) is 75.5 Å². The number of aromatic nitrogens is 2. The minimum Gasteiger partial charge on any atom is -0.493 e. The first kappa shape index (κ1) is 18.4. The van der Waals surface area contributed by atoms with E-state index >= 15 is 0 Å². The van der Waals surface area contributed by atoms with E-state index in [2.05, 4.69) is 9.72 Å². The molecule has 0 aliphatic carbocycles. The molecule has 0 aliphatic rings. The third-order valence-corrected chi connectivity index (χ3v) is 4.10. The summed E-state index contributed by atoms with van der Waals surface area (Å²) in [6, 6.07) is 5.92. The van der Waals surface area contributed by atoms with Gasteiger partial charge in [-0.15, -0.1) is 0 Å². The second-order valence-electron chi connectivity index (χ2n) is 5.71. The molecule has 0 spiro atoms. The first-order valence-electron chi connectivity index (χ1n) is 7.75. The van der Waals surface area contributed by atoms with Crippen LogP contribution in [0, 0.1) is 17.5 Å². The lowest BCUT2D eigenvalue weighted by atomic mass is 9.89. The standard InChI is InChI=1S/C18H13F3N2O4/c1-27-14(24)8-10(9-6-11(19)16(21)12(20)7-9)15-17(25)22-13-4-2-3-5-23(13)18(15)26/h2-7,10,25H,8H2,1H3/t10-/m0/s1. The number of methoxy groups -OCH3 is 1. The summed E-state index contributed by atoms with van der Waals surface area (Å²) in [5.41, 5.74) is -1.19. The summed E-state index contributed by atoms with van der Waals surface area (Å²) in [5.74, 6) is -7.49. The van der Waals surface area contributed by atoms with Crippen LogP contribution >= 0.6 is 0 Å². The Morgan fingerprint density at radius 1 is 1.26 bits per heavy atom. The van der Waals surface area contributed by atoms with Crippen molar-refractivity contribution in [1.29, 1.82) is 0 Å². The Kier molecular flexibility index (Phi) is 4.85. The normalized spacial score (nSPS) is 12.1. The predicted octanol–water partition coefficient (Wildman–Crippen LogP) is 2.51. The Morgan fingerprint density at radius 3 is 2.56 bits per heavy atom. The van der Waals surface area contributed by atoms with Crippen molar-refractivity contribution in [2.24, 2.45) is 0 Å². The number of hydrogen-bond acceptors (Lipinski definition) is 5. The number of hydrogen-bond donors (Lipinski definition) is 1. The molecular formula is C18H13F3N2O4. The number of ether oxygens (including phenoxy) is 1. The molecule has 1 N–H and O–H groups in total. The zero-order chi connectivity index (χ0) is 19.7. The van der Waals surface area contributed by atoms with Crippen LogP contribution in [0.4, 0.5) is 13.2 Å². The molecule has 1 aromatic carbocycles. The number of carbonyl (C=O) groups is 1. The molecule has 0 saturated heterocycles. The van der Waals surface area contributed by atoms with Gasteiger partial charge in [0.25, 0.3) is 5.56 Å². The van der Waals surface area contributed by atoms with Crippen molar-refractivity contribution in [1.82, 2.24) is 9.38 Å². The SMILES string of the molecule is COC(=O)C[C@@H](c1cc(F)c(F)c(F)c1)c1c(O)nc2ccccn2c1=O. The Morgan fingerprint density at radius 2 is 1.93 bits per heavy atom. The number of nitrogens with zero attached hydrogens (tertiary/aromatic N) is 2. The fourth-order valence-electron chi connectivity index (χ4n) is 2.81. The maximum atomic E-state index is 13.7. The highest BCUT2D eigenvalue weighted by Gasteiger charge is 2.28. The van der Waals surface area contributed by atoms with Crippen LogP contribution in [0.15, 0.2) is 41.3 Å². The molecule has 1 atom stereocenters. The van der Waals surface area contributed by atoms with Crippen LogP contribution in [0.25, 0.3) is 5.65 Å². The van der Waals surface area contributed by atoms with Gasteiger partial charge in [-0.3, -0.25) is 14.0 Å². The van der Waals surface area contributed by atoms with Crippen molar-refractivity contribution in [3.63, 3.8) is 0 Å². The van der Waals surface area contributed by atoms with E-state index in [-0.39, 0.29) is 16.8 Å². The summed E-state index contributed by atoms with van der Waals surface area (Å²) in [4.78, 5) is 28.5. The van der Waals surface area contributed by atoms with E-state index in [0.29, 0.717) is 12.1 Å². The number of esters is 1. The van der Waals surface area contributed by atoms with E-state index in [1.807, 2.05) is 0 Å². The van der Waals surface area contributed by atoms with E-state index in [1.54, 1.807) is 12.1 Å². The summed E-state index contributed by atoms with van der Waals surface area (Å²) in [5, 5.41) is 10.3. The van der Waals surface area contributed by atoms with Gasteiger partial charge in [0.15, 0.2) is 17.5 Å². The highest BCUT2D eigenvalue weighted by molar-refractivity contribution is 5.71. The van der Waals surface area contributed by atoms with E-state index < -0.39 is 47.2 Å². The van der Waals surface area contributed by atoms with Crippen LogP contribution < -0.4 is 5.56 Å². The van der Waals surface area contributed by atoms with Crippen molar-refractivity contribution in [2.75, 3.05) is 7.11 Å². The Hall–Kier alpha value is -3.36. The van der Waals surface area contributed by atoms with Crippen LogP contribution in [-0.4, -0.2) is 27.6 Å². The lowest BCUT2D eigenvalue weighted by Gasteiger charge is -2.18. The lowest BCUT2D eigenvalue weighted by molar-refractivity contribution is -0.140. The largest absolute Gasteiger partial charge is 0.493 e. The molecule has 9 heteroatoms. The molecule has 0 saturated carbocycles. The van der Waals surface area contributed by atoms with Crippen LogP contribution in [0.2, 0.25) is 0 Å². The fourth-order valence-corrected chi connectivity index (χ4v) is 2.81.